The van der Waals surface area contributed by atoms with Crippen molar-refractivity contribution in [3.63, 3.8) is 0 Å². The number of ether oxygens (including phenoxy) is 1. The van der Waals surface area contributed by atoms with Gasteiger partial charge in [-0.15, -0.1) is 11.8 Å². The molecule has 0 saturated carbocycles. The van der Waals surface area contributed by atoms with E-state index < -0.39 is 0 Å². The van der Waals surface area contributed by atoms with Gasteiger partial charge >= 0.3 is 5.97 Å². The van der Waals surface area contributed by atoms with Crippen molar-refractivity contribution in [2.45, 2.75) is 24.3 Å². The normalized spacial score (nSPS) is 12.1. The third-order valence-corrected chi connectivity index (χ3v) is 4.23. The van der Waals surface area contributed by atoms with Crippen molar-refractivity contribution in [2.75, 3.05) is 7.11 Å². The Kier molecular flexibility index (Phi) is 5.64. The number of halogens is 1. The van der Waals surface area contributed by atoms with Crippen LogP contribution in [0.3, 0.4) is 0 Å². The predicted octanol–water partition coefficient (Wildman–Crippen LogP) is 3.57. The summed E-state index contributed by atoms with van der Waals surface area (Å²) in [5, 5.41) is 4.63. The van der Waals surface area contributed by atoms with E-state index in [1.165, 1.54) is 7.11 Å². The van der Waals surface area contributed by atoms with Crippen molar-refractivity contribution in [3.8, 4) is 11.4 Å². The fourth-order valence-electron chi connectivity index (χ4n) is 1.66. The molecule has 5 nitrogen and oxygen atoms in total. The highest BCUT2D eigenvalue weighted by Crippen LogP contribution is 2.26. The lowest BCUT2D eigenvalue weighted by Crippen LogP contribution is -2.08. The molecule has 0 aliphatic rings. The van der Waals surface area contributed by atoms with E-state index in [1.807, 2.05) is 25.1 Å². The molecule has 2 rings (SSSR count). The maximum absolute atomic E-state index is 11.2. The molecule has 0 N–H and O–H groups in total. The molecule has 0 aliphatic carbocycles. The first kappa shape index (κ1) is 15.9. The number of aromatic nitrogens is 2. The zero-order valence-electron chi connectivity index (χ0n) is 11.7. The molecule has 1 atom stereocenters. The van der Waals surface area contributed by atoms with Crippen LogP contribution in [-0.4, -0.2) is 28.5 Å². The zero-order valence-corrected chi connectivity index (χ0v) is 13.3. The van der Waals surface area contributed by atoms with Crippen LogP contribution in [0.4, 0.5) is 0 Å². The number of methoxy groups -OCH3 is 1. The lowest BCUT2D eigenvalue weighted by Gasteiger charge is -2.07. The number of thioether (sulfide) groups is 1. The van der Waals surface area contributed by atoms with Gasteiger partial charge in [0.25, 0.3) is 0 Å². The Morgan fingerprint density at radius 2 is 2.24 bits per heavy atom. The molecule has 0 amide bonds. The van der Waals surface area contributed by atoms with Gasteiger partial charge in [0.2, 0.25) is 11.7 Å². The quantitative estimate of drug-likeness (QED) is 0.756. The van der Waals surface area contributed by atoms with E-state index in [-0.39, 0.29) is 11.2 Å². The molecule has 2 aromatic rings. The SMILES string of the molecule is COC(=O)CC(C)SCc1nc(-c2ccccc2Cl)no1. The summed E-state index contributed by atoms with van der Waals surface area (Å²) in [5.74, 6) is 1.29. The summed E-state index contributed by atoms with van der Waals surface area (Å²) in [6, 6.07) is 7.33. The smallest absolute Gasteiger partial charge is 0.306 e. The predicted molar refractivity (Wildman–Crippen MR) is 82.1 cm³/mol. The molecule has 0 aliphatic heterocycles. The minimum atomic E-state index is -0.225. The molecule has 0 radical (unpaired) electrons. The van der Waals surface area contributed by atoms with Crippen LogP contribution in [-0.2, 0) is 15.3 Å². The summed E-state index contributed by atoms with van der Waals surface area (Å²) < 4.78 is 9.83. The first-order valence-corrected chi connectivity index (χ1v) is 7.78. The fraction of sp³-hybridized carbons (Fsp3) is 0.357. The topological polar surface area (TPSA) is 65.2 Å². The fourth-order valence-corrected chi connectivity index (χ4v) is 2.67. The molecule has 1 aromatic carbocycles. The minimum Gasteiger partial charge on any atom is -0.469 e. The average molecular weight is 327 g/mol. The van der Waals surface area contributed by atoms with Crippen LogP contribution >= 0.6 is 23.4 Å². The van der Waals surface area contributed by atoms with Crippen LogP contribution in [0, 0.1) is 0 Å². The van der Waals surface area contributed by atoms with Gasteiger partial charge in [0, 0.05) is 10.8 Å². The largest absolute Gasteiger partial charge is 0.469 e. The van der Waals surface area contributed by atoms with Crippen LogP contribution in [0.1, 0.15) is 19.2 Å². The van der Waals surface area contributed by atoms with Gasteiger partial charge in [-0.05, 0) is 12.1 Å². The summed E-state index contributed by atoms with van der Waals surface area (Å²) in [6.45, 7) is 1.95. The maximum Gasteiger partial charge on any atom is 0.306 e. The summed E-state index contributed by atoms with van der Waals surface area (Å²) in [4.78, 5) is 15.5. The molecular weight excluding hydrogens is 312 g/mol. The van der Waals surface area contributed by atoms with Crippen molar-refractivity contribution in [1.82, 2.24) is 10.1 Å². The van der Waals surface area contributed by atoms with Crippen molar-refractivity contribution in [3.05, 3.63) is 35.2 Å². The maximum atomic E-state index is 11.2. The third kappa shape index (κ3) is 4.47. The van der Waals surface area contributed by atoms with Gasteiger partial charge in [-0.2, -0.15) is 4.98 Å². The van der Waals surface area contributed by atoms with E-state index in [9.17, 15) is 4.79 Å². The van der Waals surface area contributed by atoms with Crippen LogP contribution < -0.4 is 0 Å². The Morgan fingerprint density at radius 3 is 2.95 bits per heavy atom. The zero-order chi connectivity index (χ0) is 15.2. The van der Waals surface area contributed by atoms with Crippen LogP contribution in [0.25, 0.3) is 11.4 Å². The van der Waals surface area contributed by atoms with Crippen molar-refractivity contribution >= 4 is 29.3 Å². The molecule has 0 bridgehead atoms. The number of carbonyl (C=O) groups is 1. The molecule has 0 fully saturated rings. The van der Waals surface area contributed by atoms with Gasteiger partial charge in [0.15, 0.2) is 0 Å². The van der Waals surface area contributed by atoms with Gasteiger partial charge in [0.1, 0.15) is 0 Å². The van der Waals surface area contributed by atoms with Gasteiger partial charge in [-0.3, -0.25) is 4.79 Å². The number of hydrogen-bond acceptors (Lipinski definition) is 6. The molecule has 7 heteroatoms. The molecule has 21 heavy (non-hydrogen) atoms. The van der Waals surface area contributed by atoms with Gasteiger partial charge in [-0.1, -0.05) is 35.8 Å². The number of esters is 1. The van der Waals surface area contributed by atoms with E-state index in [1.54, 1.807) is 17.8 Å². The number of benzene rings is 1. The molecule has 1 aromatic heterocycles. The standard InChI is InChI=1S/C14H15ClN2O3S/c1-9(7-13(18)19-2)21-8-12-16-14(17-20-12)10-5-3-4-6-11(10)15/h3-6,9H,7-8H2,1-2H3. The van der Waals surface area contributed by atoms with E-state index >= 15 is 0 Å². The molecule has 1 unspecified atom stereocenters. The summed E-state index contributed by atoms with van der Waals surface area (Å²) >= 11 is 7.65. The number of rotatable bonds is 6. The van der Waals surface area contributed by atoms with Crippen LogP contribution in [0.2, 0.25) is 5.02 Å². The second-order valence-corrected chi connectivity index (χ2v) is 6.23. The molecular formula is C14H15ClN2O3S. The van der Waals surface area contributed by atoms with Gasteiger partial charge in [-0.25, -0.2) is 0 Å². The molecule has 0 spiro atoms. The van der Waals surface area contributed by atoms with Crippen molar-refractivity contribution in [2.24, 2.45) is 0 Å². The first-order valence-electron chi connectivity index (χ1n) is 6.36. The molecule has 112 valence electrons. The Hall–Kier alpha value is -1.53. The highest BCUT2D eigenvalue weighted by Gasteiger charge is 2.14. The van der Waals surface area contributed by atoms with E-state index in [2.05, 4.69) is 14.9 Å². The van der Waals surface area contributed by atoms with Gasteiger partial charge in [0.05, 0.1) is 24.3 Å². The lowest BCUT2D eigenvalue weighted by molar-refractivity contribution is -0.140. The second-order valence-electron chi connectivity index (χ2n) is 4.39. The number of nitrogens with zero attached hydrogens (tertiary/aromatic N) is 2. The Bertz CT molecular complexity index is 618. The first-order chi connectivity index (χ1) is 10.1. The Balaban J connectivity index is 1.95. The second kappa shape index (κ2) is 7.47. The highest BCUT2D eigenvalue weighted by atomic mass is 35.5. The van der Waals surface area contributed by atoms with Crippen molar-refractivity contribution in [1.29, 1.82) is 0 Å². The summed E-state index contributed by atoms with van der Waals surface area (Å²) in [7, 11) is 1.38. The summed E-state index contributed by atoms with van der Waals surface area (Å²) in [5.41, 5.74) is 0.738. The van der Waals surface area contributed by atoms with Crippen LogP contribution in [0.15, 0.2) is 28.8 Å². The monoisotopic (exact) mass is 326 g/mol. The Morgan fingerprint density at radius 1 is 1.48 bits per heavy atom. The van der Waals surface area contributed by atoms with Crippen LogP contribution in [0.5, 0.6) is 0 Å². The third-order valence-electron chi connectivity index (χ3n) is 2.76. The van der Waals surface area contributed by atoms with E-state index in [0.29, 0.717) is 28.9 Å². The Labute approximate surface area is 132 Å². The van der Waals surface area contributed by atoms with E-state index in [4.69, 9.17) is 16.1 Å². The lowest BCUT2D eigenvalue weighted by atomic mass is 10.2. The molecule has 1 heterocycles. The minimum absolute atomic E-state index is 0.119. The van der Waals surface area contributed by atoms with Crippen molar-refractivity contribution < 1.29 is 14.1 Å². The van der Waals surface area contributed by atoms with Gasteiger partial charge < -0.3 is 9.26 Å². The average Bonchev–Trinajstić information content (AvgIpc) is 2.94. The highest BCUT2D eigenvalue weighted by molar-refractivity contribution is 7.99. The molecule has 0 saturated heterocycles. The number of hydrogen-bond donors (Lipinski definition) is 0. The summed E-state index contributed by atoms with van der Waals surface area (Å²) in [6.07, 6.45) is 0.354. The number of carbonyl (C=O) groups excluding carboxylic acids is 1. The van der Waals surface area contributed by atoms with E-state index in [0.717, 1.165) is 5.56 Å².